The first kappa shape index (κ1) is 13.7. The molecule has 0 radical (unpaired) electrons. The van der Waals surface area contributed by atoms with E-state index in [0.29, 0.717) is 12.1 Å². The molecule has 4 heteroatoms. The minimum absolute atomic E-state index is 0.136. The lowest BCUT2D eigenvalue weighted by Gasteiger charge is -2.30. The molecule has 1 aliphatic carbocycles. The van der Waals surface area contributed by atoms with Crippen molar-refractivity contribution < 1.29 is 4.79 Å². The van der Waals surface area contributed by atoms with Gasteiger partial charge in [-0.15, -0.1) is 0 Å². The standard InChI is InChI=1S/C14H27N3O/c1-2-17(11-13-9-5-6-10-15-13)14(18)16-12-7-3-4-8-12/h12-13,15H,2-11H2,1H3,(H,16,18). The summed E-state index contributed by atoms with van der Waals surface area (Å²) in [6.45, 7) is 4.83. The topological polar surface area (TPSA) is 44.4 Å². The van der Waals surface area contributed by atoms with Gasteiger partial charge < -0.3 is 15.5 Å². The Morgan fingerprint density at radius 2 is 1.94 bits per heavy atom. The fourth-order valence-corrected chi connectivity index (χ4v) is 3.04. The third-order valence-electron chi connectivity index (χ3n) is 4.20. The molecule has 104 valence electrons. The SMILES string of the molecule is CCN(CC1CCCCN1)C(=O)NC1CCCC1. The molecule has 1 unspecified atom stereocenters. The van der Waals surface area contributed by atoms with Gasteiger partial charge in [-0.05, 0) is 39.2 Å². The number of hydrogen-bond donors (Lipinski definition) is 2. The van der Waals surface area contributed by atoms with Gasteiger partial charge in [0.1, 0.15) is 0 Å². The van der Waals surface area contributed by atoms with E-state index in [-0.39, 0.29) is 6.03 Å². The molecule has 2 fully saturated rings. The van der Waals surface area contributed by atoms with Crippen molar-refractivity contribution in [2.75, 3.05) is 19.6 Å². The number of nitrogens with one attached hydrogen (secondary N) is 2. The summed E-state index contributed by atoms with van der Waals surface area (Å²) in [5.41, 5.74) is 0. The molecule has 1 atom stereocenters. The molecule has 1 saturated heterocycles. The molecular formula is C14H27N3O. The summed E-state index contributed by atoms with van der Waals surface area (Å²) in [5.74, 6) is 0. The molecule has 2 amide bonds. The molecule has 18 heavy (non-hydrogen) atoms. The van der Waals surface area contributed by atoms with Gasteiger partial charge in [0.05, 0.1) is 0 Å². The van der Waals surface area contributed by atoms with Gasteiger partial charge in [0.25, 0.3) is 0 Å². The van der Waals surface area contributed by atoms with Crippen LogP contribution in [0.15, 0.2) is 0 Å². The van der Waals surface area contributed by atoms with Crippen LogP contribution < -0.4 is 10.6 Å². The van der Waals surface area contributed by atoms with Crippen LogP contribution >= 0.6 is 0 Å². The van der Waals surface area contributed by atoms with E-state index in [2.05, 4.69) is 17.6 Å². The maximum atomic E-state index is 12.2. The molecule has 1 saturated carbocycles. The number of carbonyl (C=O) groups excluding carboxylic acids is 1. The lowest BCUT2D eigenvalue weighted by Crippen LogP contribution is -2.50. The smallest absolute Gasteiger partial charge is 0.317 e. The van der Waals surface area contributed by atoms with Gasteiger partial charge in [-0.1, -0.05) is 19.3 Å². The molecular weight excluding hydrogens is 226 g/mol. The second kappa shape index (κ2) is 6.98. The van der Waals surface area contributed by atoms with E-state index < -0.39 is 0 Å². The van der Waals surface area contributed by atoms with E-state index in [1.165, 1.54) is 32.1 Å². The van der Waals surface area contributed by atoms with Crippen molar-refractivity contribution in [2.45, 2.75) is 64.0 Å². The molecule has 0 aromatic heterocycles. The number of carbonyl (C=O) groups is 1. The van der Waals surface area contributed by atoms with Gasteiger partial charge in [0.15, 0.2) is 0 Å². The Morgan fingerprint density at radius 3 is 2.56 bits per heavy atom. The van der Waals surface area contributed by atoms with Gasteiger partial charge in [-0.25, -0.2) is 4.79 Å². The number of likely N-dealkylation sites (N-methyl/N-ethyl adjacent to an activating group) is 1. The average Bonchev–Trinajstić information content (AvgIpc) is 2.90. The molecule has 0 aromatic carbocycles. The van der Waals surface area contributed by atoms with E-state index in [1.807, 2.05) is 4.90 Å². The van der Waals surface area contributed by atoms with Crippen molar-refractivity contribution in [3.8, 4) is 0 Å². The van der Waals surface area contributed by atoms with Crippen LogP contribution in [0.1, 0.15) is 51.9 Å². The Kier molecular flexibility index (Phi) is 5.29. The minimum atomic E-state index is 0.136. The van der Waals surface area contributed by atoms with Crippen molar-refractivity contribution in [2.24, 2.45) is 0 Å². The van der Waals surface area contributed by atoms with Gasteiger partial charge >= 0.3 is 6.03 Å². The van der Waals surface area contributed by atoms with E-state index in [9.17, 15) is 4.79 Å². The van der Waals surface area contributed by atoms with Gasteiger partial charge in [0, 0.05) is 25.2 Å². The zero-order valence-electron chi connectivity index (χ0n) is 11.6. The van der Waals surface area contributed by atoms with Crippen LogP contribution in [0.25, 0.3) is 0 Å². The maximum Gasteiger partial charge on any atom is 0.317 e. The monoisotopic (exact) mass is 253 g/mol. The number of urea groups is 1. The van der Waals surface area contributed by atoms with E-state index in [0.717, 1.165) is 32.5 Å². The molecule has 1 heterocycles. The first-order valence-electron chi connectivity index (χ1n) is 7.58. The third kappa shape index (κ3) is 3.87. The Labute approximate surface area is 110 Å². The molecule has 1 aliphatic heterocycles. The lowest BCUT2D eigenvalue weighted by molar-refractivity contribution is 0.186. The maximum absolute atomic E-state index is 12.2. The highest BCUT2D eigenvalue weighted by atomic mass is 16.2. The Balaban J connectivity index is 1.76. The number of rotatable bonds is 4. The van der Waals surface area contributed by atoms with Crippen LogP contribution in [0.5, 0.6) is 0 Å². The van der Waals surface area contributed by atoms with Crippen LogP contribution in [-0.2, 0) is 0 Å². The first-order valence-corrected chi connectivity index (χ1v) is 7.58. The Hall–Kier alpha value is -0.770. The fourth-order valence-electron chi connectivity index (χ4n) is 3.04. The third-order valence-corrected chi connectivity index (χ3v) is 4.20. The predicted octanol–water partition coefficient (Wildman–Crippen LogP) is 2.10. The van der Waals surface area contributed by atoms with Crippen LogP contribution in [-0.4, -0.2) is 42.6 Å². The summed E-state index contributed by atoms with van der Waals surface area (Å²) in [4.78, 5) is 14.2. The summed E-state index contributed by atoms with van der Waals surface area (Å²) < 4.78 is 0. The highest BCUT2D eigenvalue weighted by molar-refractivity contribution is 5.74. The van der Waals surface area contributed by atoms with Crippen molar-refractivity contribution >= 4 is 6.03 Å². The minimum Gasteiger partial charge on any atom is -0.335 e. The first-order chi connectivity index (χ1) is 8.79. The second-order valence-electron chi connectivity index (χ2n) is 5.62. The van der Waals surface area contributed by atoms with Crippen LogP contribution in [0.2, 0.25) is 0 Å². The van der Waals surface area contributed by atoms with Crippen LogP contribution in [0, 0.1) is 0 Å². The Bertz CT molecular complexity index is 258. The largest absolute Gasteiger partial charge is 0.335 e. The molecule has 2 rings (SSSR count). The molecule has 4 nitrogen and oxygen atoms in total. The summed E-state index contributed by atoms with van der Waals surface area (Å²) in [6, 6.07) is 1.05. The lowest BCUT2D eigenvalue weighted by atomic mass is 10.0. The summed E-state index contributed by atoms with van der Waals surface area (Å²) >= 11 is 0. The van der Waals surface area contributed by atoms with Gasteiger partial charge in [0.2, 0.25) is 0 Å². The number of piperidine rings is 1. The number of nitrogens with zero attached hydrogens (tertiary/aromatic N) is 1. The molecule has 2 N–H and O–H groups in total. The molecule has 0 aromatic rings. The second-order valence-corrected chi connectivity index (χ2v) is 5.62. The van der Waals surface area contributed by atoms with Crippen molar-refractivity contribution in [3.05, 3.63) is 0 Å². The average molecular weight is 253 g/mol. The molecule has 2 aliphatic rings. The van der Waals surface area contributed by atoms with E-state index in [1.54, 1.807) is 0 Å². The predicted molar refractivity (Wildman–Crippen MR) is 73.7 cm³/mol. The van der Waals surface area contributed by atoms with Gasteiger partial charge in [-0.3, -0.25) is 0 Å². The van der Waals surface area contributed by atoms with E-state index in [4.69, 9.17) is 0 Å². The summed E-state index contributed by atoms with van der Waals surface area (Å²) in [5, 5.41) is 6.69. The number of amides is 2. The highest BCUT2D eigenvalue weighted by Gasteiger charge is 2.22. The highest BCUT2D eigenvalue weighted by Crippen LogP contribution is 2.18. The van der Waals surface area contributed by atoms with Crippen LogP contribution in [0.4, 0.5) is 4.79 Å². The summed E-state index contributed by atoms with van der Waals surface area (Å²) in [7, 11) is 0. The quantitative estimate of drug-likeness (QED) is 0.806. The van der Waals surface area contributed by atoms with Gasteiger partial charge in [-0.2, -0.15) is 0 Å². The molecule has 0 bridgehead atoms. The van der Waals surface area contributed by atoms with Crippen molar-refractivity contribution in [1.82, 2.24) is 15.5 Å². The molecule has 0 spiro atoms. The van der Waals surface area contributed by atoms with Crippen LogP contribution in [0.3, 0.4) is 0 Å². The normalized spacial score (nSPS) is 25.1. The zero-order chi connectivity index (χ0) is 12.8. The van der Waals surface area contributed by atoms with E-state index >= 15 is 0 Å². The van der Waals surface area contributed by atoms with Crippen molar-refractivity contribution in [3.63, 3.8) is 0 Å². The zero-order valence-corrected chi connectivity index (χ0v) is 11.6. The Morgan fingerprint density at radius 1 is 1.22 bits per heavy atom. The van der Waals surface area contributed by atoms with Crippen molar-refractivity contribution in [1.29, 1.82) is 0 Å². The summed E-state index contributed by atoms with van der Waals surface area (Å²) in [6.07, 6.45) is 8.61. The fraction of sp³-hybridized carbons (Fsp3) is 0.929. The number of hydrogen-bond acceptors (Lipinski definition) is 2.